The van der Waals surface area contributed by atoms with Crippen molar-refractivity contribution in [1.82, 2.24) is 0 Å². The second-order valence-electron chi connectivity index (χ2n) is 4.56. The fraction of sp³-hybridized carbons (Fsp3) is 0.188. The Morgan fingerprint density at radius 3 is 2.35 bits per heavy atom. The fourth-order valence-electron chi connectivity index (χ4n) is 2.02. The van der Waals surface area contributed by atoms with E-state index in [0.29, 0.717) is 6.54 Å². The molecule has 2 aromatic carbocycles. The number of aromatic hydroxyl groups is 2. The second-order valence-corrected chi connectivity index (χ2v) is 4.56. The van der Waals surface area contributed by atoms with Gasteiger partial charge in [-0.3, -0.25) is 4.79 Å². The highest BCUT2D eigenvalue weighted by molar-refractivity contribution is 6.08. The van der Waals surface area contributed by atoms with Gasteiger partial charge in [0.25, 0.3) is 5.91 Å². The molecule has 0 atom stereocenters. The van der Waals surface area contributed by atoms with Gasteiger partial charge < -0.3 is 15.1 Å². The Morgan fingerprint density at radius 2 is 1.75 bits per heavy atom. The first-order valence-electron chi connectivity index (χ1n) is 6.44. The number of carbonyl (C=O) groups excluding carboxylic acids is 1. The summed E-state index contributed by atoms with van der Waals surface area (Å²) >= 11 is 0. The molecule has 0 saturated heterocycles. The molecule has 0 spiro atoms. The molecule has 0 saturated carbocycles. The molecular weight excluding hydrogens is 254 g/mol. The van der Waals surface area contributed by atoms with Crippen LogP contribution in [0.2, 0.25) is 0 Å². The Labute approximate surface area is 117 Å². The van der Waals surface area contributed by atoms with Gasteiger partial charge in [0.15, 0.2) is 11.5 Å². The molecule has 2 aromatic rings. The van der Waals surface area contributed by atoms with E-state index in [2.05, 4.69) is 0 Å². The number of aryl methyl sites for hydroxylation is 1. The van der Waals surface area contributed by atoms with Crippen LogP contribution in [0.5, 0.6) is 11.5 Å². The molecule has 20 heavy (non-hydrogen) atoms. The summed E-state index contributed by atoms with van der Waals surface area (Å²) in [6.45, 7) is 4.30. The molecular formula is C16H17NO3. The van der Waals surface area contributed by atoms with Crippen LogP contribution in [0.15, 0.2) is 42.5 Å². The van der Waals surface area contributed by atoms with Crippen molar-refractivity contribution < 1.29 is 15.0 Å². The zero-order chi connectivity index (χ0) is 14.7. The molecule has 0 bridgehead atoms. The Morgan fingerprint density at radius 1 is 1.10 bits per heavy atom. The lowest BCUT2D eigenvalue weighted by molar-refractivity contribution is 0.0985. The first kappa shape index (κ1) is 13.9. The lowest BCUT2D eigenvalue weighted by atomic mass is 10.1. The van der Waals surface area contributed by atoms with Crippen LogP contribution < -0.4 is 4.90 Å². The van der Waals surface area contributed by atoms with E-state index in [1.807, 2.05) is 38.1 Å². The van der Waals surface area contributed by atoms with Crippen LogP contribution >= 0.6 is 0 Å². The van der Waals surface area contributed by atoms with Crippen LogP contribution in [0.25, 0.3) is 0 Å². The van der Waals surface area contributed by atoms with Crippen LogP contribution in [0.3, 0.4) is 0 Å². The SMILES string of the molecule is CCN(C(=O)c1cccc(O)c1O)c1ccc(C)cc1. The first-order chi connectivity index (χ1) is 9.54. The summed E-state index contributed by atoms with van der Waals surface area (Å²) < 4.78 is 0. The maximum absolute atomic E-state index is 12.5. The zero-order valence-corrected chi connectivity index (χ0v) is 11.5. The van der Waals surface area contributed by atoms with E-state index in [9.17, 15) is 15.0 Å². The van der Waals surface area contributed by atoms with Crippen molar-refractivity contribution in [1.29, 1.82) is 0 Å². The lowest BCUT2D eigenvalue weighted by Gasteiger charge is -2.21. The van der Waals surface area contributed by atoms with Crippen molar-refractivity contribution in [3.63, 3.8) is 0 Å². The third-order valence-corrected chi connectivity index (χ3v) is 3.15. The maximum Gasteiger partial charge on any atom is 0.262 e. The van der Waals surface area contributed by atoms with E-state index in [1.165, 1.54) is 18.2 Å². The van der Waals surface area contributed by atoms with Crippen LogP contribution in [-0.2, 0) is 0 Å². The number of benzene rings is 2. The minimum atomic E-state index is -0.386. The van der Waals surface area contributed by atoms with Gasteiger partial charge in [-0.25, -0.2) is 0 Å². The molecule has 2 N–H and O–H groups in total. The number of amides is 1. The van der Waals surface area contributed by atoms with Crippen molar-refractivity contribution in [2.75, 3.05) is 11.4 Å². The smallest absolute Gasteiger partial charge is 0.262 e. The van der Waals surface area contributed by atoms with Gasteiger partial charge in [-0.2, -0.15) is 0 Å². The number of carbonyl (C=O) groups is 1. The summed E-state index contributed by atoms with van der Waals surface area (Å²) in [5, 5.41) is 19.3. The summed E-state index contributed by atoms with van der Waals surface area (Å²) in [6, 6.07) is 11.9. The molecule has 2 rings (SSSR count). The molecule has 0 aliphatic rings. The van der Waals surface area contributed by atoms with Gasteiger partial charge in [0.2, 0.25) is 0 Å². The van der Waals surface area contributed by atoms with Crippen LogP contribution in [0, 0.1) is 6.92 Å². The number of phenolic OH excluding ortho intramolecular Hbond substituents is 2. The standard InChI is InChI=1S/C16H17NO3/c1-3-17(12-9-7-11(2)8-10-12)16(20)13-5-4-6-14(18)15(13)19/h4-10,18-19H,3H2,1-2H3. The normalized spacial score (nSPS) is 10.3. The van der Waals surface area contributed by atoms with E-state index in [1.54, 1.807) is 4.90 Å². The number of hydrogen-bond acceptors (Lipinski definition) is 3. The number of phenols is 2. The topological polar surface area (TPSA) is 60.8 Å². The van der Waals surface area contributed by atoms with E-state index >= 15 is 0 Å². The molecule has 0 aliphatic heterocycles. The van der Waals surface area contributed by atoms with Crippen molar-refractivity contribution >= 4 is 11.6 Å². The molecule has 0 aromatic heterocycles. The molecule has 104 valence electrons. The molecule has 4 heteroatoms. The predicted molar refractivity (Wildman–Crippen MR) is 78.3 cm³/mol. The van der Waals surface area contributed by atoms with Gasteiger partial charge in [0.1, 0.15) is 0 Å². The Hall–Kier alpha value is -2.49. The minimum Gasteiger partial charge on any atom is -0.504 e. The van der Waals surface area contributed by atoms with E-state index in [-0.39, 0.29) is 23.0 Å². The highest BCUT2D eigenvalue weighted by Gasteiger charge is 2.20. The maximum atomic E-state index is 12.5. The first-order valence-corrected chi connectivity index (χ1v) is 6.44. The van der Waals surface area contributed by atoms with Crippen LogP contribution in [0.4, 0.5) is 5.69 Å². The average molecular weight is 271 g/mol. The monoisotopic (exact) mass is 271 g/mol. The van der Waals surface area contributed by atoms with Crippen molar-refractivity contribution in [2.45, 2.75) is 13.8 Å². The van der Waals surface area contributed by atoms with E-state index < -0.39 is 0 Å². The van der Waals surface area contributed by atoms with Gasteiger partial charge >= 0.3 is 0 Å². The minimum absolute atomic E-state index is 0.0902. The Bertz CT molecular complexity index is 620. The molecule has 1 amide bonds. The second kappa shape index (κ2) is 5.65. The summed E-state index contributed by atoms with van der Waals surface area (Å²) in [4.78, 5) is 14.0. The fourth-order valence-corrected chi connectivity index (χ4v) is 2.02. The number of para-hydroxylation sites is 1. The molecule has 0 heterocycles. The average Bonchev–Trinajstić information content (AvgIpc) is 2.44. The van der Waals surface area contributed by atoms with Crippen molar-refractivity contribution in [2.24, 2.45) is 0 Å². The number of hydrogen-bond donors (Lipinski definition) is 2. The summed E-state index contributed by atoms with van der Waals surface area (Å²) in [5.41, 5.74) is 1.95. The highest BCUT2D eigenvalue weighted by atomic mass is 16.3. The van der Waals surface area contributed by atoms with E-state index in [0.717, 1.165) is 11.3 Å². The van der Waals surface area contributed by atoms with Gasteiger partial charge in [-0.15, -0.1) is 0 Å². The third kappa shape index (κ3) is 2.59. The summed E-state index contributed by atoms with van der Waals surface area (Å²) in [6.07, 6.45) is 0. The van der Waals surface area contributed by atoms with Gasteiger partial charge in [0.05, 0.1) is 5.56 Å². The summed E-state index contributed by atoms with van der Waals surface area (Å²) in [7, 11) is 0. The van der Waals surface area contributed by atoms with Gasteiger partial charge in [-0.05, 0) is 38.1 Å². The molecule has 0 fully saturated rings. The third-order valence-electron chi connectivity index (χ3n) is 3.15. The largest absolute Gasteiger partial charge is 0.504 e. The lowest BCUT2D eigenvalue weighted by Crippen LogP contribution is -2.30. The Balaban J connectivity index is 2.39. The van der Waals surface area contributed by atoms with Crippen LogP contribution in [-0.4, -0.2) is 22.7 Å². The van der Waals surface area contributed by atoms with Crippen molar-refractivity contribution in [3.05, 3.63) is 53.6 Å². The van der Waals surface area contributed by atoms with Crippen LogP contribution in [0.1, 0.15) is 22.8 Å². The quantitative estimate of drug-likeness (QED) is 0.843. The molecule has 0 unspecified atom stereocenters. The number of anilines is 1. The summed E-state index contributed by atoms with van der Waals surface area (Å²) in [5.74, 6) is -1.02. The predicted octanol–water partition coefficient (Wildman–Crippen LogP) is 3.07. The van der Waals surface area contributed by atoms with Gasteiger partial charge in [0, 0.05) is 12.2 Å². The molecule has 0 radical (unpaired) electrons. The number of nitrogens with zero attached hydrogens (tertiary/aromatic N) is 1. The molecule has 4 nitrogen and oxygen atoms in total. The zero-order valence-electron chi connectivity index (χ0n) is 11.5. The number of rotatable bonds is 3. The van der Waals surface area contributed by atoms with Gasteiger partial charge in [-0.1, -0.05) is 23.8 Å². The van der Waals surface area contributed by atoms with E-state index in [4.69, 9.17) is 0 Å². The molecule has 0 aliphatic carbocycles. The highest BCUT2D eigenvalue weighted by Crippen LogP contribution is 2.30. The van der Waals surface area contributed by atoms with Crippen molar-refractivity contribution in [3.8, 4) is 11.5 Å². The Kier molecular flexibility index (Phi) is 3.94.